The van der Waals surface area contributed by atoms with E-state index in [0.717, 1.165) is 0 Å². The van der Waals surface area contributed by atoms with E-state index in [1.54, 1.807) is 23.4 Å². The summed E-state index contributed by atoms with van der Waals surface area (Å²) < 4.78 is 10.3. The van der Waals surface area contributed by atoms with Gasteiger partial charge < -0.3 is 14.4 Å². The molecule has 0 unspecified atom stereocenters. The zero-order chi connectivity index (χ0) is 11.4. The molecule has 1 aliphatic heterocycles. The highest BCUT2D eigenvalue weighted by atomic mass is 16.5. The summed E-state index contributed by atoms with van der Waals surface area (Å²) in [6.45, 7) is 2.45. The van der Waals surface area contributed by atoms with Gasteiger partial charge in [-0.25, -0.2) is 0 Å². The van der Waals surface area contributed by atoms with E-state index >= 15 is 0 Å². The number of carbonyl (C=O) groups excluding carboxylic acids is 1. The van der Waals surface area contributed by atoms with Crippen molar-refractivity contribution in [3.63, 3.8) is 0 Å². The summed E-state index contributed by atoms with van der Waals surface area (Å²) in [5.74, 6) is 0.488. The highest BCUT2D eigenvalue weighted by Crippen LogP contribution is 2.18. The number of ether oxygens (including phenoxy) is 2. The van der Waals surface area contributed by atoms with Gasteiger partial charge in [-0.05, 0) is 6.07 Å². The topological polar surface area (TPSA) is 51.7 Å². The molecule has 1 aromatic rings. The molecule has 0 atom stereocenters. The molecule has 0 aromatic carbocycles. The van der Waals surface area contributed by atoms with Gasteiger partial charge in [0.15, 0.2) is 0 Å². The van der Waals surface area contributed by atoms with Crippen molar-refractivity contribution < 1.29 is 14.3 Å². The maximum Gasteiger partial charge on any atom is 0.257 e. The Kier molecular flexibility index (Phi) is 3.36. The quantitative estimate of drug-likeness (QED) is 0.733. The van der Waals surface area contributed by atoms with Crippen LogP contribution in [0.3, 0.4) is 0 Å². The number of rotatable bonds is 2. The first-order valence-corrected chi connectivity index (χ1v) is 5.18. The molecule has 2 rings (SSSR count). The Morgan fingerprint density at radius 1 is 1.50 bits per heavy atom. The van der Waals surface area contributed by atoms with Gasteiger partial charge in [-0.2, -0.15) is 0 Å². The number of nitrogens with zero attached hydrogens (tertiary/aromatic N) is 2. The van der Waals surface area contributed by atoms with Crippen LogP contribution in [0.5, 0.6) is 5.75 Å². The molecule has 0 radical (unpaired) electrons. The maximum absolute atomic E-state index is 12.1. The minimum absolute atomic E-state index is 0.0254. The van der Waals surface area contributed by atoms with Crippen LogP contribution in [0.2, 0.25) is 0 Å². The van der Waals surface area contributed by atoms with Gasteiger partial charge in [0.25, 0.3) is 5.91 Å². The smallest absolute Gasteiger partial charge is 0.257 e. The second-order valence-corrected chi connectivity index (χ2v) is 3.48. The predicted molar refractivity (Wildman–Crippen MR) is 57.5 cm³/mol. The van der Waals surface area contributed by atoms with E-state index in [0.29, 0.717) is 37.6 Å². The van der Waals surface area contributed by atoms with E-state index < -0.39 is 0 Å². The van der Waals surface area contributed by atoms with Gasteiger partial charge in [0.2, 0.25) is 0 Å². The first-order valence-electron chi connectivity index (χ1n) is 5.18. The highest BCUT2D eigenvalue weighted by molar-refractivity contribution is 5.96. The van der Waals surface area contributed by atoms with Gasteiger partial charge in [0.1, 0.15) is 5.75 Å². The summed E-state index contributed by atoms with van der Waals surface area (Å²) in [6, 6.07) is 1.68. The van der Waals surface area contributed by atoms with Crippen molar-refractivity contribution in [2.75, 3.05) is 33.4 Å². The number of methoxy groups -OCH3 is 1. The van der Waals surface area contributed by atoms with E-state index in [1.807, 2.05) is 0 Å². The predicted octanol–water partition coefficient (Wildman–Crippen LogP) is 0.563. The van der Waals surface area contributed by atoms with Crippen LogP contribution in [0.1, 0.15) is 10.4 Å². The number of aromatic nitrogens is 1. The Morgan fingerprint density at radius 2 is 2.25 bits per heavy atom. The SMILES string of the molecule is COc1cnccc1C(=O)N1CCOCC1. The number of amides is 1. The van der Waals surface area contributed by atoms with Crippen LogP contribution in [0.15, 0.2) is 18.5 Å². The number of pyridine rings is 1. The lowest BCUT2D eigenvalue weighted by Gasteiger charge is -2.27. The molecule has 5 heteroatoms. The van der Waals surface area contributed by atoms with E-state index in [1.165, 1.54) is 7.11 Å². The Morgan fingerprint density at radius 3 is 2.94 bits per heavy atom. The average Bonchev–Trinajstić information content (AvgIpc) is 2.39. The van der Waals surface area contributed by atoms with Gasteiger partial charge in [0.05, 0.1) is 32.1 Å². The lowest BCUT2D eigenvalue weighted by molar-refractivity contribution is 0.0301. The molecule has 2 heterocycles. The summed E-state index contributed by atoms with van der Waals surface area (Å²) in [6.07, 6.45) is 3.14. The average molecular weight is 222 g/mol. The lowest BCUT2D eigenvalue weighted by Crippen LogP contribution is -2.40. The largest absolute Gasteiger partial charge is 0.494 e. The van der Waals surface area contributed by atoms with Gasteiger partial charge >= 0.3 is 0 Å². The molecule has 1 saturated heterocycles. The third kappa shape index (κ3) is 2.14. The second-order valence-electron chi connectivity index (χ2n) is 3.48. The summed E-state index contributed by atoms with van der Waals surface area (Å²) in [4.78, 5) is 17.8. The summed E-state index contributed by atoms with van der Waals surface area (Å²) in [5, 5.41) is 0. The number of hydrogen-bond acceptors (Lipinski definition) is 4. The third-order valence-electron chi connectivity index (χ3n) is 2.53. The molecular weight excluding hydrogens is 208 g/mol. The molecule has 5 nitrogen and oxygen atoms in total. The molecule has 16 heavy (non-hydrogen) atoms. The Labute approximate surface area is 94.0 Å². The molecule has 1 aromatic heterocycles. The van der Waals surface area contributed by atoms with E-state index in [-0.39, 0.29) is 5.91 Å². The van der Waals surface area contributed by atoms with Crippen LogP contribution in [-0.4, -0.2) is 49.2 Å². The van der Waals surface area contributed by atoms with E-state index in [9.17, 15) is 4.79 Å². The highest BCUT2D eigenvalue weighted by Gasteiger charge is 2.21. The molecule has 0 spiro atoms. The van der Waals surface area contributed by atoms with Crippen LogP contribution in [-0.2, 0) is 4.74 Å². The molecule has 1 fully saturated rings. The van der Waals surface area contributed by atoms with Crippen molar-refractivity contribution in [3.8, 4) is 5.75 Å². The van der Waals surface area contributed by atoms with Crippen LogP contribution >= 0.6 is 0 Å². The third-order valence-corrected chi connectivity index (χ3v) is 2.53. The van der Waals surface area contributed by atoms with Crippen molar-refractivity contribution in [2.24, 2.45) is 0 Å². The maximum atomic E-state index is 12.1. The zero-order valence-corrected chi connectivity index (χ0v) is 9.18. The molecular formula is C11H14N2O3. The van der Waals surface area contributed by atoms with Crippen LogP contribution < -0.4 is 4.74 Å². The number of morpholine rings is 1. The standard InChI is InChI=1S/C11H14N2O3/c1-15-10-8-12-3-2-9(10)11(14)13-4-6-16-7-5-13/h2-3,8H,4-7H2,1H3. The summed E-state index contributed by atoms with van der Waals surface area (Å²) >= 11 is 0. The molecule has 86 valence electrons. The zero-order valence-electron chi connectivity index (χ0n) is 9.18. The fraction of sp³-hybridized carbons (Fsp3) is 0.455. The van der Waals surface area contributed by atoms with Crippen molar-refractivity contribution in [3.05, 3.63) is 24.0 Å². The molecule has 0 N–H and O–H groups in total. The van der Waals surface area contributed by atoms with Crippen LogP contribution in [0.4, 0.5) is 0 Å². The normalized spacial score (nSPS) is 15.9. The molecule has 1 amide bonds. The molecule has 0 saturated carbocycles. The minimum Gasteiger partial charge on any atom is -0.494 e. The molecule has 0 aliphatic carbocycles. The molecule has 1 aliphatic rings. The van der Waals surface area contributed by atoms with Crippen molar-refractivity contribution in [2.45, 2.75) is 0 Å². The lowest BCUT2D eigenvalue weighted by atomic mass is 10.2. The van der Waals surface area contributed by atoms with Crippen LogP contribution in [0, 0.1) is 0 Å². The van der Waals surface area contributed by atoms with Gasteiger partial charge in [-0.15, -0.1) is 0 Å². The van der Waals surface area contributed by atoms with E-state index in [4.69, 9.17) is 9.47 Å². The Bertz CT molecular complexity index is 375. The van der Waals surface area contributed by atoms with Gasteiger partial charge in [0, 0.05) is 19.3 Å². The second kappa shape index (κ2) is 4.94. The summed E-state index contributed by atoms with van der Waals surface area (Å²) in [7, 11) is 1.53. The number of carbonyl (C=O) groups is 1. The first kappa shape index (κ1) is 10.9. The monoisotopic (exact) mass is 222 g/mol. The van der Waals surface area contributed by atoms with Gasteiger partial charge in [-0.3, -0.25) is 9.78 Å². The fourth-order valence-corrected chi connectivity index (χ4v) is 1.66. The molecule has 0 bridgehead atoms. The van der Waals surface area contributed by atoms with Crippen molar-refractivity contribution in [1.29, 1.82) is 0 Å². The first-order chi connectivity index (χ1) is 7.83. The van der Waals surface area contributed by atoms with Crippen molar-refractivity contribution >= 4 is 5.91 Å². The van der Waals surface area contributed by atoms with Crippen LogP contribution in [0.25, 0.3) is 0 Å². The Balaban J connectivity index is 2.19. The Hall–Kier alpha value is -1.62. The minimum atomic E-state index is -0.0254. The van der Waals surface area contributed by atoms with Crippen molar-refractivity contribution in [1.82, 2.24) is 9.88 Å². The van der Waals surface area contributed by atoms with E-state index in [2.05, 4.69) is 4.98 Å². The fourth-order valence-electron chi connectivity index (χ4n) is 1.66. The summed E-state index contributed by atoms with van der Waals surface area (Å²) in [5.41, 5.74) is 0.555. The van der Waals surface area contributed by atoms with Gasteiger partial charge in [-0.1, -0.05) is 0 Å². The number of hydrogen-bond donors (Lipinski definition) is 0.